The molecule has 1 N–H and O–H groups in total. The van der Waals surface area contributed by atoms with E-state index in [4.69, 9.17) is 11.6 Å². The molecule has 108 valence electrons. The fraction of sp³-hybridized carbons (Fsp3) is 0.235. The van der Waals surface area contributed by atoms with Gasteiger partial charge in [-0.1, -0.05) is 17.7 Å². The average molecular weight is 304 g/mol. The Hall–Kier alpha value is -1.87. The van der Waals surface area contributed by atoms with E-state index in [-0.39, 0.29) is 11.6 Å². The number of aryl methyl sites for hydroxylation is 2. The lowest BCUT2D eigenvalue weighted by atomic mass is 9.90. The van der Waals surface area contributed by atoms with Crippen molar-refractivity contribution in [1.82, 2.24) is 0 Å². The molecule has 1 aliphatic carbocycles. The lowest BCUT2D eigenvalue weighted by Gasteiger charge is -2.16. The molecule has 0 bridgehead atoms. The lowest BCUT2D eigenvalue weighted by molar-refractivity contribution is 0.102. The van der Waals surface area contributed by atoms with Gasteiger partial charge in [0.15, 0.2) is 0 Å². The van der Waals surface area contributed by atoms with Crippen molar-refractivity contribution in [3.05, 3.63) is 63.9 Å². The number of hydrogen-bond donors (Lipinski definition) is 1. The Kier molecular flexibility index (Phi) is 3.93. The molecule has 2 aromatic rings. The number of amides is 1. The van der Waals surface area contributed by atoms with E-state index in [1.807, 2.05) is 12.1 Å². The highest BCUT2D eigenvalue weighted by Crippen LogP contribution is 2.23. The van der Waals surface area contributed by atoms with Crippen LogP contribution in [0.5, 0.6) is 0 Å². The predicted molar refractivity (Wildman–Crippen MR) is 82.4 cm³/mol. The molecule has 0 radical (unpaired) electrons. The van der Waals surface area contributed by atoms with Crippen molar-refractivity contribution in [2.24, 2.45) is 0 Å². The molecule has 3 rings (SSSR count). The third-order valence-electron chi connectivity index (χ3n) is 3.79. The van der Waals surface area contributed by atoms with E-state index in [1.165, 1.54) is 29.7 Å². The van der Waals surface area contributed by atoms with Gasteiger partial charge >= 0.3 is 0 Å². The second kappa shape index (κ2) is 5.86. The monoisotopic (exact) mass is 303 g/mol. The zero-order valence-electron chi connectivity index (χ0n) is 11.5. The lowest BCUT2D eigenvalue weighted by Crippen LogP contribution is -2.14. The predicted octanol–water partition coefficient (Wildman–Crippen LogP) is 4.61. The molecule has 21 heavy (non-hydrogen) atoms. The van der Waals surface area contributed by atoms with E-state index >= 15 is 0 Å². The van der Waals surface area contributed by atoms with Crippen molar-refractivity contribution < 1.29 is 9.18 Å². The summed E-state index contributed by atoms with van der Waals surface area (Å²) >= 11 is 5.70. The first-order valence-electron chi connectivity index (χ1n) is 7.02. The van der Waals surface area contributed by atoms with Crippen LogP contribution in [0.4, 0.5) is 10.1 Å². The van der Waals surface area contributed by atoms with Crippen LogP contribution in [-0.4, -0.2) is 5.91 Å². The Morgan fingerprint density at radius 3 is 2.57 bits per heavy atom. The maximum absolute atomic E-state index is 13.7. The molecule has 0 heterocycles. The van der Waals surface area contributed by atoms with Gasteiger partial charge in [-0.25, -0.2) is 4.39 Å². The number of carbonyl (C=O) groups is 1. The number of carbonyl (C=O) groups excluding carboxylic acids is 1. The molecule has 0 fully saturated rings. The summed E-state index contributed by atoms with van der Waals surface area (Å²) in [5.41, 5.74) is 3.24. The Morgan fingerprint density at radius 2 is 1.81 bits per heavy atom. The molecule has 2 aromatic carbocycles. The smallest absolute Gasteiger partial charge is 0.255 e. The van der Waals surface area contributed by atoms with Crippen molar-refractivity contribution in [2.45, 2.75) is 25.7 Å². The zero-order chi connectivity index (χ0) is 14.8. The van der Waals surface area contributed by atoms with Gasteiger partial charge in [-0.15, -0.1) is 0 Å². The minimum atomic E-state index is -0.534. The van der Waals surface area contributed by atoms with Gasteiger partial charge in [0.05, 0.1) is 5.69 Å². The second-order valence-electron chi connectivity index (χ2n) is 5.27. The van der Waals surface area contributed by atoms with Crippen molar-refractivity contribution >= 4 is 23.2 Å². The Balaban J connectivity index is 1.82. The summed E-state index contributed by atoms with van der Waals surface area (Å²) in [6.45, 7) is 0. The summed E-state index contributed by atoms with van der Waals surface area (Å²) < 4.78 is 13.7. The number of anilines is 1. The molecule has 0 aliphatic heterocycles. The molecule has 0 saturated heterocycles. The highest BCUT2D eigenvalue weighted by molar-refractivity contribution is 6.30. The number of nitrogens with one attached hydrogen (secondary N) is 1. The summed E-state index contributed by atoms with van der Waals surface area (Å²) in [4.78, 5) is 12.2. The highest BCUT2D eigenvalue weighted by atomic mass is 35.5. The standard InChI is InChI=1S/C17H15ClFNO/c18-14-7-8-16(15(19)10-14)20-17(21)13-6-5-11-3-1-2-4-12(11)9-13/h5-10H,1-4H2,(H,20,21). The van der Waals surface area contributed by atoms with Crippen LogP contribution in [0.15, 0.2) is 36.4 Å². The van der Waals surface area contributed by atoms with Gasteiger partial charge < -0.3 is 5.32 Å². The molecule has 0 saturated carbocycles. The van der Waals surface area contributed by atoms with Crippen molar-refractivity contribution in [3.8, 4) is 0 Å². The third-order valence-corrected chi connectivity index (χ3v) is 4.03. The Bertz CT molecular complexity index is 699. The fourth-order valence-corrected chi connectivity index (χ4v) is 2.82. The van der Waals surface area contributed by atoms with Gasteiger partial charge in [0.2, 0.25) is 0 Å². The maximum Gasteiger partial charge on any atom is 0.255 e. The summed E-state index contributed by atoms with van der Waals surface area (Å²) in [5.74, 6) is -0.835. The van der Waals surface area contributed by atoms with Crippen LogP contribution in [0.3, 0.4) is 0 Å². The maximum atomic E-state index is 13.7. The molecule has 0 atom stereocenters. The SMILES string of the molecule is O=C(Nc1ccc(Cl)cc1F)c1ccc2c(c1)CCCC2. The zero-order valence-corrected chi connectivity index (χ0v) is 12.2. The van der Waals surface area contributed by atoms with Crippen LogP contribution in [-0.2, 0) is 12.8 Å². The first-order chi connectivity index (χ1) is 10.1. The van der Waals surface area contributed by atoms with Crippen LogP contribution in [0, 0.1) is 5.82 Å². The molecule has 1 aliphatic rings. The van der Waals surface area contributed by atoms with Gasteiger partial charge in [0.25, 0.3) is 5.91 Å². The van der Waals surface area contributed by atoms with E-state index in [9.17, 15) is 9.18 Å². The summed E-state index contributed by atoms with van der Waals surface area (Å²) in [6, 6.07) is 9.91. The molecular formula is C17H15ClFNO. The van der Waals surface area contributed by atoms with Gasteiger partial charge in [-0.2, -0.15) is 0 Å². The molecular weight excluding hydrogens is 289 g/mol. The van der Waals surface area contributed by atoms with E-state index in [1.54, 1.807) is 12.1 Å². The molecule has 0 spiro atoms. The summed E-state index contributed by atoms with van der Waals surface area (Å²) in [7, 11) is 0. The van der Waals surface area contributed by atoms with Crippen molar-refractivity contribution in [2.75, 3.05) is 5.32 Å². The van der Waals surface area contributed by atoms with Crippen LogP contribution < -0.4 is 5.32 Å². The number of hydrogen-bond acceptors (Lipinski definition) is 1. The minimum absolute atomic E-state index is 0.141. The number of halogens is 2. The molecule has 4 heteroatoms. The topological polar surface area (TPSA) is 29.1 Å². The first kappa shape index (κ1) is 14.1. The first-order valence-corrected chi connectivity index (χ1v) is 7.39. The molecule has 0 unspecified atom stereocenters. The number of fused-ring (bicyclic) bond motifs is 1. The Labute approximate surface area is 127 Å². The van der Waals surface area contributed by atoms with Gasteiger partial charge in [0, 0.05) is 10.6 Å². The number of rotatable bonds is 2. The fourth-order valence-electron chi connectivity index (χ4n) is 2.66. The van der Waals surface area contributed by atoms with Gasteiger partial charge in [-0.3, -0.25) is 4.79 Å². The normalized spacial score (nSPS) is 13.6. The van der Waals surface area contributed by atoms with E-state index in [0.29, 0.717) is 10.6 Å². The quantitative estimate of drug-likeness (QED) is 0.862. The second-order valence-corrected chi connectivity index (χ2v) is 5.71. The molecule has 1 amide bonds. The van der Waals surface area contributed by atoms with Crippen LogP contribution in [0.2, 0.25) is 5.02 Å². The molecule has 2 nitrogen and oxygen atoms in total. The van der Waals surface area contributed by atoms with Crippen LogP contribution in [0.1, 0.15) is 34.3 Å². The summed E-state index contributed by atoms with van der Waals surface area (Å²) in [6.07, 6.45) is 4.44. The third kappa shape index (κ3) is 3.08. The average Bonchev–Trinajstić information content (AvgIpc) is 2.49. The van der Waals surface area contributed by atoms with Crippen LogP contribution in [0.25, 0.3) is 0 Å². The minimum Gasteiger partial charge on any atom is -0.319 e. The highest BCUT2D eigenvalue weighted by Gasteiger charge is 2.14. The van der Waals surface area contributed by atoms with Crippen molar-refractivity contribution in [1.29, 1.82) is 0 Å². The van der Waals surface area contributed by atoms with Gasteiger partial charge in [0.1, 0.15) is 5.82 Å². The van der Waals surface area contributed by atoms with E-state index in [2.05, 4.69) is 5.32 Å². The van der Waals surface area contributed by atoms with Crippen molar-refractivity contribution in [3.63, 3.8) is 0 Å². The van der Waals surface area contributed by atoms with E-state index in [0.717, 1.165) is 19.3 Å². The largest absolute Gasteiger partial charge is 0.319 e. The summed E-state index contributed by atoms with van der Waals surface area (Å²) in [5, 5.41) is 2.89. The van der Waals surface area contributed by atoms with Gasteiger partial charge in [-0.05, 0) is 67.1 Å². The van der Waals surface area contributed by atoms with E-state index < -0.39 is 5.82 Å². The van der Waals surface area contributed by atoms with Crippen LogP contribution >= 0.6 is 11.6 Å². The molecule has 0 aromatic heterocycles. The number of benzene rings is 2. The Morgan fingerprint density at radius 1 is 1.05 bits per heavy atom.